The molecule has 0 rings (SSSR count). The molecule has 1 atom stereocenters. The van der Waals surface area contributed by atoms with Gasteiger partial charge in [0.15, 0.2) is 10.7 Å². The molecule has 0 bridgehead atoms. The Bertz CT molecular complexity index is 321. The Morgan fingerprint density at radius 2 is 1.81 bits per heavy atom. The third kappa shape index (κ3) is 3.91. The minimum atomic E-state index is -1.57. The maximum atomic E-state index is 11.5. The average molecular weight is 312 g/mol. The predicted molar refractivity (Wildman–Crippen MR) is 67.8 cm³/mol. The van der Waals surface area contributed by atoms with Gasteiger partial charge in [-0.15, -0.1) is 0 Å². The Labute approximate surface area is 109 Å². The molecule has 0 amide bonds. The van der Waals surface area contributed by atoms with E-state index in [4.69, 9.17) is 11.6 Å². The summed E-state index contributed by atoms with van der Waals surface area (Å²) >= 11 is 9.38. The van der Waals surface area contributed by atoms with Crippen LogP contribution in [0.1, 0.15) is 33.6 Å². The van der Waals surface area contributed by atoms with Gasteiger partial charge < -0.3 is 4.74 Å². The third-order valence-corrected chi connectivity index (χ3v) is 4.10. The Morgan fingerprint density at radius 3 is 2.12 bits per heavy atom. The average Bonchev–Trinajstić information content (AvgIpc) is 2.23. The number of rotatable bonds is 5. The van der Waals surface area contributed by atoms with Crippen molar-refractivity contribution in [2.45, 2.75) is 38.5 Å². The largest absolute Gasteiger partial charge is 0.467 e. The molecule has 0 aliphatic rings. The molecular formula is C11H16BrClO3. The number of Topliss-reactive ketones (excluding diaryl/α,β-unsaturated/α-hetero) is 1. The smallest absolute Gasteiger partial charge is 0.334 e. The van der Waals surface area contributed by atoms with Crippen molar-refractivity contribution in [3.8, 4) is 0 Å². The van der Waals surface area contributed by atoms with Crippen molar-refractivity contribution in [1.82, 2.24) is 0 Å². The van der Waals surface area contributed by atoms with E-state index >= 15 is 0 Å². The monoisotopic (exact) mass is 310 g/mol. The highest BCUT2D eigenvalue weighted by molar-refractivity contribution is 9.11. The molecule has 0 aliphatic heterocycles. The van der Waals surface area contributed by atoms with E-state index < -0.39 is 16.6 Å². The number of methoxy groups -OCH3 is 1. The van der Waals surface area contributed by atoms with Gasteiger partial charge in [-0.3, -0.25) is 4.79 Å². The van der Waals surface area contributed by atoms with Crippen LogP contribution in [0.5, 0.6) is 0 Å². The quantitative estimate of drug-likeness (QED) is 0.445. The molecule has 16 heavy (non-hydrogen) atoms. The van der Waals surface area contributed by atoms with Crippen LogP contribution in [-0.4, -0.2) is 23.7 Å². The van der Waals surface area contributed by atoms with Crippen molar-refractivity contribution in [2.24, 2.45) is 0 Å². The molecule has 0 N–H and O–H groups in total. The number of halogens is 2. The molecule has 0 saturated heterocycles. The fraction of sp³-hybridized carbons (Fsp3) is 0.636. The van der Waals surface area contributed by atoms with Gasteiger partial charge in [0.05, 0.1) is 7.11 Å². The number of hydrogen-bond donors (Lipinski definition) is 0. The van der Waals surface area contributed by atoms with E-state index in [1.54, 1.807) is 0 Å². The van der Waals surface area contributed by atoms with E-state index in [1.165, 1.54) is 14.0 Å². The molecular weight excluding hydrogens is 295 g/mol. The van der Waals surface area contributed by atoms with E-state index in [0.29, 0.717) is 6.42 Å². The zero-order chi connectivity index (χ0) is 12.9. The van der Waals surface area contributed by atoms with Crippen molar-refractivity contribution in [2.75, 3.05) is 7.11 Å². The van der Waals surface area contributed by atoms with Gasteiger partial charge >= 0.3 is 5.97 Å². The first-order valence-electron chi connectivity index (χ1n) is 4.86. The fourth-order valence-corrected chi connectivity index (χ4v) is 1.49. The van der Waals surface area contributed by atoms with Crippen molar-refractivity contribution in [1.29, 1.82) is 0 Å². The number of carbonyl (C=O) groups is 2. The highest BCUT2D eigenvalue weighted by atomic mass is 79.9. The first-order chi connectivity index (χ1) is 7.25. The lowest BCUT2D eigenvalue weighted by Gasteiger charge is -2.21. The molecule has 5 heteroatoms. The Balaban J connectivity index is 4.79. The van der Waals surface area contributed by atoms with Crippen LogP contribution in [0.25, 0.3) is 0 Å². The van der Waals surface area contributed by atoms with E-state index in [0.717, 1.165) is 10.1 Å². The summed E-state index contributed by atoms with van der Waals surface area (Å²) in [5, 5.41) is 0. The second-order valence-electron chi connectivity index (χ2n) is 3.75. The van der Waals surface area contributed by atoms with Crippen LogP contribution < -0.4 is 0 Å². The number of esters is 1. The molecule has 92 valence electrons. The fourth-order valence-electron chi connectivity index (χ4n) is 1.12. The minimum Gasteiger partial charge on any atom is -0.467 e. The number of ketones is 1. The second-order valence-corrected chi connectivity index (χ2v) is 5.36. The van der Waals surface area contributed by atoms with Crippen molar-refractivity contribution in [3.05, 3.63) is 10.1 Å². The summed E-state index contributed by atoms with van der Waals surface area (Å²) in [7, 11) is 1.22. The van der Waals surface area contributed by atoms with Gasteiger partial charge in [-0.1, -0.05) is 33.1 Å². The predicted octanol–water partition coefficient (Wildman–Crippen LogP) is 3.20. The number of allylic oxidation sites excluding steroid dienone is 2. The highest BCUT2D eigenvalue weighted by Crippen LogP contribution is 2.29. The lowest BCUT2D eigenvalue weighted by atomic mass is 9.97. The van der Waals surface area contributed by atoms with E-state index in [9.17, 15) is 9.59 Å². The molecule has 0 aromatic carbocycles. The van der Waals surface area contributed by atoms with Gasteiger partial charge in [0, 0.05) is 0 Å². The number of carbonyl (C=O) groups excluding carboxylic acids is 2. The maximum absolute atomic E-state index is 11.5. The molecule has 0 aliphatic carbocycles. The lowest BCUT2D eigenvalue weighted by molar-refractivity contribution is -0.147. The third-order valence-electron chi connectivity index (χ3n) is 2.30. The van der Waals surface area contributed by atoms with Crippen LogP contribution in [0, 0.1) is 0 Å². The number of alkyl halides is 1. The Kier molecular flexibility index (Phi) is 6.26. The normalized spacial score (nSPS) is 13.9. The maximum Gasteiger partial charge on any atom is 0.334 e. The molecule has 0 radical (unpaired) electrons. The van der Waals surface area contributed by atoms with E-state index in [-0.39, 0.29) is 6.42 Å². The Hall–Kier alpha value is -0.350. The highest BCUT2D eigenvalue weighted by Gasteiger charge is 2.42. The summed E-state index contributed by atoms with van der Waals surface area (Å²) in [5.74, 6) is -1.09. The number of ether oxygens (including phenoxy) is 1. The van der Waals surface area contributed by atoms with E-state index in [1.807, 2.05) is 13.8 Å². The topological polar surface area (TPSA) is 43.4 Å². The molecule has 0 fully saturated rings. The molecule has 0 heterocycles. The molecule has 3 nitrogen and oxygen atoms in total. The zero-order valence-corrected chi connectivity index (χ0v) is 12.2. The molecule has 0 aromatic heterocycles. The summed E-state index contributed by atoms with van der Waals surface area (Å²) in [6.07, 6.45) is 0.753. The van der Waals surface area contributed by atoms with Gasteiger partial charge in [0.2, 0.25) is 0 Å². The molecule has 1 unspecified atom stereocenters. The van der Waals surface area contributed by atoms with Gasteiger partial charge in [-0.05, 0) is 38.1 Å². The summed E-state index contributed by atoms with van der Waals surface area (Å²) < 4.78 is 5.49. The summed E-state index contributed by atoms with van der Waals surface area (Å²) in [5.41, 5.74) is 1.09. The van der Waals surface area contributed by atoms with Gasteiger partial charge in [0.25, 0.3) is 0 Å². The van der Waals surface area contributed by atoms with Crippen molar-refractivity contribution < 1.29 is 14.3 Å². The van der Waals surface area contributed by atoms with Crippen LogP contribution >= 0.6 is 27.5 Å². The van der Waals surface area contributed by atoms with Gasteiger partial charge in [0.1, 0.15) is 0 Å². The SMILES string of the molecule is COC(=O)C(Cl)(CCC(Br)=C(C)C)C(C)=O. The van der Waals surface area contributed by atoms with Gasteiger partial charge in [-0.25, -0.2) is 4.79 Å². The molecule has 0 spiro atoms. The number of hydrogen-bond acceptors (Lipinski definition) is 3. The van der Waals surface area contributed by atoms with Gasteiger partial charge in [-0.2, -0.15) is 0 Å². The summed E-state index contributed by atoms with van der Waals surface area (Å²) in [6.45, 7) is 5.16. The van der Waals surface area contributed by atoms with Crippen molar-refractivity contribution >= 4 is 39.3 Å². The van der Waals surface area contributed by atoms with Crippen LogP contribution in [0.4, 0.5) is 0 Å². The van der Waals surface area contributed by atoms with Crippen LogP contribution in [0.3, 0.4) is 0 Å². The van der Waals surface area contributed by atoms with Crippen LogP contribution in [0.2, 0.25) is 0 Å². The molecule has 0 saturated carbocycles. The standard InChI is InChI=1S/C11H16BrClO3/c1-7(2)9(12)5-6-11(13,8(3)14)10(15)16-4/h5-6H2,1-4H3. The second kappa shape index (κ2) is 6.40. The van der Waals surface area contributed by atoms with Crippen LogP contribution in [0.15, 0.2) is 10.1 Å². The zero-order valence-electron chi connectivity index (χ0n) is 9.89. The summed E-state index contributed by atoms with van der Waals surface area (Å²) in [4.78, 5) is 21.3. The van der Waals surface area contributed by atoms with Crippen molar-refractivity contribution in [3.63, 3.8) is 0 Å². The first-order valence-corrected chi connectivity index (χ1v) is 6.03. The first kappa shape index (κ1) is 15.7. The minimum absolute atomic E-state index is 0.225. The summed E-state index contributed by atoms with van der Waals surface area (Å²) in [6, 6.07) is 0. The lowest BCUT2D eigenvalue weighted by Crippen LogP contribution is -2.40. The Morgan fingerprint density at radius 1 is 1.31 bits per heavy atom. The van der Waals surface area contributed by atoms with Crippen LogP contribution in [-0.2, 0) is 14.3 Å². The molecule has 0 aromatic rings. The van der Waals surface area contributed by atoms with E-state index in [2.05, 4.69) is 20.7 Å².